The van der Waals surface area contributed by atoms with Crippen LogP contribution in [0.15, 0.2) is 36.4 Å². The standard InChI is InChI=1S/C24H34N4O4/c1-23(2,3)31-21(29)27-13-15-11-17(25)7-9-19(15)20-10-8-18(26)12-16(20)14-28-22(30)32-24(4,5)6/h7-12H,13-14,25-26H2,1-6H3,(H,27,29)(H,28,30). The summed E-state index contributed by atoms with van der Waals surface area (Å²) in [6.07, 6.45) is -1.04. The Morgan fingerprint density at radius 2 is 1.06 bits per heavy atom. The maximum Gasteiger partial charge on any atom is 0.407 e. The molecule has 32 heavy (non-hydrogen) atoms. The molecule has 0 fully saturated rings. The molecule has 0 aliphatic rings. The lowest BCUT2D eigenvalue weighted by molar-refractivity contribution is 0.0512. The third kappa shape index (κ3) is 8.02. The van der Waals surface area contributed by atoms with Crippen molar-refractivity contribution in [1.82, 2.24) is 10.6 Å². The Morgan fingerprint density at radius 3 is 1.38 bits per heavy atom. The minimum atomic E-state index is -0.597. The van der Waals surface area contributed by atoms with Gasteiger partial charge in [0.2, 0.25) is 0 Å². The normalized spacial score (nSPS) is 11.6. The summed E-state index contributed by atoms with van der Waals surface area (Å²) in [5.74, 6) is 0. The van der Waals surface area contributed by atoms with Crippen LogP contribution in [-0.2, 0) is 22.6 Å². The third-order valence-corrected chi connectivity index (χ3v) is 4.19. The Balaban J connectivity index is 2.29. The van der Waals surface area contributed by atoms with Crippen molar-refractivity contribution in [3.8, 4) is 11.1 Å². The molecule has 0 aliphatic heterocycles. The van der Waals surface area contributed by atoms with Gasteiger partial charge in [-0.2, -0.15) is 0 Å². The van der Waals surface area contributed by atoms with E-state index in [4.69, 9.17) is 20.9 Å². The van der Waals surface area contributed by atoms with E-state index in [-0.39, 0.29) is 13.1 Å². The molecule has 0 bridgehead atoms. The van der Waals surface area contributed by atoms with Crippen LogP contribution in [0.2, 0.25) is 0 Å². The zero-order valence-electron chi connectivity index (χ0n) is 19.7. The maximum absolute atomic E-state index is 12.1. The fraction of sp³-hybridized carbons (Fsp3) is 0.417. The van der Waals surface area contributed by atoms with Crippen LogP contribution in [0.1, 0.15) is 52.7 Å². The number of alkyl carbamates (subject to hydrolysis) is 2. The smallest absolute Gasteiger partial charge is 0.407 e. The van der Waals surface area contributed by atoms with E-state index in [1.54, 1.807) is 65.8 Å². The van der Waals surface area contributed by atoms with Crippen LogP contribution in [0.5, 0.6) is 0 Å². The fourth-order valence-corrected chi connectivity index (χ4v) is 3.01. The summed E-state index contributed by atoms with van der Waals surface area (Å²) in [7, 11) is 0. The summed E-state index contributed by atoms with van der Waals surface area (Å²) in [4.78, 5) is 24.3. The average Bonchev–Trinajstić information content (AvgIpc) is 2.62. The van der Waals surface area contributed by atoms with Crippen molar-refractivity contribution >= 4 is 23.6 Å². The van der Waals surface area contributed by atoms with Crippen molar-refractivity contribution < 1.29 is 19.1 Å². The molecule has 0 aliphatic carbocycles. The van der Waals surface area contributed by atoms with Crippen molar-refractivity contribution in [2.45, 2.75) is 65.8 Å². The quantitative estimate of drug-likeness (QED) is 0.502. The first-order valence-electron chi connectivity index (χ1n) is 10.4. The summed E-state index contributed by atoms with van der Waals surface area (Å²) in [6, 6.07) is 10.9. The van der Waals surface area contributed by atoms with Crippen molar-refractivity contribution in [3.63, 3.8) is 0 Å². The van der Waals surface area contributed by atoms with Gasteiger partial charge in [0.15, 0.2) is 0 Å². The van der Waals surface area contributed by atoms with E-state index in [2.05, 4.69) is 10.6 Å². The SMILES string of the molecule is CC(C)(C)OC(=O)NCc1cc(N)ccc1-c1ccc(N)cc1CNC(=O)OC(C)(C)C. The second-order valence-electron chi connectivity index (χ2n) is 9.54. The number of rotatable bonds is 5. The Morgan fingerprint density at radius 1 is 0.719 bits per heavy atom. The molecule has 0 spiro atoms. The van der Waals surface area contributed by atoms with Gasteiger partial charge in [-0.05, 0) is 88.1 Å². The van der Waals surface area contributed by atoms with Crippen LogP contribution >= 0.6 is 0 Å². The van der Waals surface area contributed by atoms with Gasteiger partial charge in [-0.25, -0.2) is 9.59 Å². The molecule has 174 valence electrons. The Kier molecular flexibility index (Phi) is 7.61. The zero-order valence-corrected chi connectivity index (χ0v) is 19.7. The number of amides is 2. The fourth-order valence-electron chi connectivity index (χ4n) is 3.01. The van der Waals surface area contributed by atoms with E-state index in [1.807, 2.05) is 12.1 Å². The predicted molar refractivity (Wildman–Crippen MR) is 127 cm³/mol. The summed E-state index contributed by atoms with van der Waals surface area (Å²) < 4.78 is 10.6. The first kappa shape index (κ1) is 24.8. The van der Waals surface area contributed by atoms with Crippen molar-refractivity contribution in [2.75, 3.05) is 11.5 Å². The van der Waals surface area contributed by atoms with Crippen molar-refractivity contribution in [3.05, 3.63) is 47.5 Å². The molecule has 8 nitrogen and oxygen atoms in total. The second-order valence-corrected chi connectivity index (χ2v) is 9.54. The molecular weight excluding hydrogens is 408 g/mol. The number of benzene rings is 2. The molecule has 2 aromatic carbocycles. The highest BCUT2D eigenvalue weighted by Gasteiger charge is 2.19. The average molecular weight is 443 g/mol. The van der Waals surface area contributed by atoms with Gasteiger partial charge in [0.25, 0.3) is 0 Å². The number of carbonyl (C=O) groups is 2. The van der Waals surface area contributed by atoms with Crippen LogP contribution in [0.25, 0.3) is 11.1 Å². The first-order valence-corrected chi connectivity index (χ1v) is 10.4. The number of nitrogens with one attached hydrogen (secondary N) is 2. The Hall–Kier alpha value is -3.42. The van der Waals surface area contributed by atoms with Crippen LogP contribution in [0.3, 0.4) is 0 Å². The molecule has 0 radical (unpaired) electrons. The molecule has 6 N–H and O–H groups in total. The molecule has 0 saturated heterocycles. The molecule has 0 saturated carbocycles. The summed E-state index contributed by atoms with van der Waals surface area (Å²) in [5, 5.41) is 5.54. The lowest BCUT2D eigenvalue weighted by Crippen LogP contribution is -2.32. The number of hydrogen-bond donors (Lipinski definition) is 4. The zero-order chi connectivity index (χ0) is 24.1. The Bertz CT molecular complexity index is 895. The van der Waals surface area contributed by atoms with Gasteiger partial charge in [-0.1, -0.05) is 12.1 Å². The summed E-state index contributed by atoms with van der Waals surface area (Å²) in [6.45, 7) is 11.3. The van der Waals surface area contributed by atoms with E-state index in [9.17, 15) is 9.59 Å². The molecular formula is C24H34N4O4. The van der Waals surface area contributed by atoms with Crippen LogP contribution < -0.4 is 22.1 Å². The molecule has 8 heteroatoms. The minimum absolute atomic E-state index is 0.221. The second kappa shape index (κ2) is 9.80. The molecule has 2 rings (SSSR count). The van der Waals surface area contributed by atoms with E-state index in [0.717, 1.165) is 22.3 Å². The van der Waals surface area contributed by atoms with Crippen LogP contribution in [-0.4, -0.2) is 23.4 Å². The molecule has 0 atom stereocenters. The number of nitrogens with two attached hydrogens (primary N) is 2. The van der Waals surface area contributed by atoms with Crippen LogP contribution in [0, 0.1) is 0 Å². The number of carbonyl (C=O) groups excluding carboxylic acids is 2. The van der Waals surface area contributed by atoms with E-state index in [0.29, 0.717) is 11.4 Å². The topological polar surface area (TPSA) is 129 Å². The number of ether oxygens (including phenoxy) is 2. The Labute approximate surface area is 189 Å². The van der Waals surface area contributed by atoms with Gasteiger partial charge in [-0.3, -0.25) is 0 Å². The van der Waals surface area contributed by atoms with E-state index >= 15 is 0 Å². The van der Waals surface area contributed by atoms with Gasteiger partial charge in [-0.15, -0.1) is 0 Å². The molecule has 0 unspecified atom stereocenters. The molecule has 0 heterocycles. The van der Waals surface area contributed by atoms with Crippen molar-refractivity contribution in [2.24, 2.45) is 0 Å². The number of nitrogen functional groups attached to an aromatic ring is 2. The number of hydrogen-bond acceptors (Lipinski definition) is 6. The number of anilines is 2. The largest absolute Gasteiger partial charge is 0.444 e. The lowest BCUT2D eigenvalue weighted by Gasteiger charge is -2.21. The van der Waals surface area contributed by atoms with Gasteiger partial charge in [0.05, 0.1) is 0 Å². The highest BCUT2D eigenvalue weighted by Crippen LogP contribution is 2.30. The summed E-state index contributed by atoms with van der Waals surface area (Å²) in [5.41, 5.74) is 15.3. The van der Waals surface area contributed by atoms with Gasteiger partial charge < -0.3 is 31.6 Å². The van der Waals surface area contributed by atoms with Gasteiger partial charge in [0, 0.05) is 24.5 Å². The van der Waals surface area contributed by atoms with Crippen LogP contribution in [0.4, 0.5) is 21.0 Å². The minimum Gasteiger partial charge on any atom is -0.444 e. The molecule has 2 amide bonds. The predicted octanol–water partition coefficient (Wildman–Crippen LogP) is 4.57. The third-order valence-electron chi connectivity index (χ3n) is 4.19. The van der Waals surface area contributed by atoms with E-state index in [1.165, 1.54) is 0 Å². The van der Waals surface area contributed by atoms with E-state index < -0.39 is 23.4 Å². The highest BCUT2D eigenvalue weighted by atomic mass is 16.6. The molecule has 0 aromatic heterocycles. The molecule has 2 aromatic rings. The van der Waals surface area contributed by atoms with Gasteiger partial charge in [0.1, 0.15) is 11.2 Å². The maximum atomic E-state index is 12.1. The monoisotopic (exact) mass is 442 g/mol. The van der Waals surface area contributed by atoms with Crippen molar-refractivity contribution in [1.29, 1.82) is 0 Å². The lowest BCUT2D eigenvalue weighted by atomic mass is 9.94. The highest BCUT2D eigenvalue weighted by molar-refractivity contribution is 5.76. The first-order chi connectivity index (χ1) is 14.7. The van der Waals surface area contributed by atoms with Gasteiger partial charge >= 0.3 is 12.2 Å². The summed E-state index contributed by atoms with van der Waals surface area (Å²) >= 11 is 0.